The number of carbonyl (C=O) groups excluding carboxylic acids is 2. The molecular weight excluding hydrogens is 500 g/mol. The molecule has 1 spiro atoms. The van der Waals surface area contributed by atoms with E-state index in [-0.39, 0.29) is 30.0 Å². The molecule has 1 aromatic heterocycles. The van der Waals surface area contributed by atoms with Crippen LogP contribution in [-0.2, 0) is 37.9 Å². The van der Waals surface area contributed by atoms with Gasteiger partial charge < -0.3 is 14.4 Å². The Kier molecular flexibility index (Phi) is 6.11. The number of nitrogens with zero attached hydrogens (tertiary/aromatic N) is 4. The minimum absolute atomic E-state index is 0.0377. The zero-order valence-corrected chi connectivity index (χ0v) is 22.1. The van der Waals surface area contributed by atoms with Crippen molar-refractivity contribution in [2.45, 2.75) is 38.8 Å². The molecule has 2 aliphatic heterocycles. The first-order valence-corrected chi connectivity index (χ1v) is 14.5. The summed E-state index contributed by atoms with van der Waals surface area (Å²) in [4.78, 5) is 34.7. The third-order valence-electron chi connectivity index (χ3n) is 7.08. The van der Waals surface area contributed by atoms with Crippen LogP contribution in [0.1, 0.15) is 31.7 Å². The van der Waals surface area contributed by atoms with Crippen molar-refractivity contribution in [1.29, 1.82) is 0 Å². The minimum atomic E-state index is -3.10. The third-order valence-corrected chi connectivity index (χ3v) is 8.34. The lowest BCUT2D eigenvalue weighted by atomic mass is 9.74. The van der Waals surface area contributed by atoms with Crippen molar-refractivity contribution < 1.29 is 18.0 Å². The van der Waals surface area contributed by atoms with E-state index >= 15 is 0 Å². The molecule has 0 N–H and O–H groups in total. The van der Waals surface area contributed by atoms with Crippen LogP contribution in [0.2, 0.25) is 5.02 Å². The van der Waals surface area contributed by atoms with Crippen LogP contribution in [0.5, 0.6) is 0 Å². The van der Waals surface area contributed by atoms with Gasteiger partial charge in [0, 0.05) is 42.5 Å². The highest BCUT2D eigenvalue weighted by molar-refractivity contribution is 7.90. The number of amides is 2. The molecule has 1 fully saturated rings. The Morgan fingerprint density at radius 3 is 2.58 bits per heavy atom. The molecule has 3 aromatic rings. The maximum Gasteiger partial charge on any atom is 0.241 e. The average molecular weight is 529 g/mol. The third kappa shape index (κ3) is 4.18. The lowest BCUT2D eigenvalue weighted by molar-refractivity contribution is -0.146. The smallest absolute Gasteiger partial charge is 0.241 e. The fraction of sp³-hybridized carbons (Fsp3) is 0.423. The van der Waals surface area contributed by atoms with Crippen molar-refractivity contribution in [2.24, 2.45) is 5.92 Å². The summed E-state index contributed by atoms with van der Waals surface area (Å²) in [6, 6.07) is 13.2. The van der Waals surface area contributed by atoms with E-state index in [0.717, 1.165) is 16.8 Å². The SMILES string of the molecule is CC(C)C(=O)N1CC2(C1)C(=O)N(Cc1nc3cc(Cl)ccc3n1CCCS(C)(=O)=O)c1ccccc12. The van der Waals surface area contributed by atoms with Gasteiger partial charge in [0.05, 0.1) is 23.3 Å². The maximum absolute atomic E-state index is 13.9. The summed E-state index contributed by atoms with van der Waals surface area (Å²) in [6.07, 6.45) is 1.66. The van der Waals surface area contributed by atoms with E-state index in [1.54, 1.807) is 21.9 Å². The second-order valence-corrected chi connectivity index (χ2v) is 12.8. The van der Waals surface area contributed by atoms with Crippen molar-refractivity contribution in [3.8, 4) is 0 Å². The maximum atomic E-state index is 13.9. The summed E-state index contributed by atoms with van der Waals surface area (Å²) in [5.41, 5.74) is 2.56. The normalized spacial score (nSPS) is 16.8. The average Bonchev–Trinajstić information content (AvgIpc) is 3.24. The van der Waals surface area contributed by atoms with Gasteiger partial charge in [-0.25, -0.2) is 13.4 Å². The molecule has 2 amide bonds. The number of anilines is 1. The standard InChI is InChI=1S/C26H29ClN4O4S/c1-17(2)24(32)29-15-26(16-29)19-7-4-5-8-21(19)31(25(26)33)14-23-28-20-13-18(27)9-10-22(20)30(23)11-6-12-36(3,34)35/h4-5,7-10,13,17H,6,11-12,14-16H2,1-3H3. The number of benzene rings is 2. The molecule has 1 saturated heterocycles. The number of fused-ring (bicyclic) bond motifs is 3. The molecular formula is C26H29ClN4O4S. The summed E-state index contributed by atoms with van der Waals surface area (Å²) < 4.78 is 25.4. The number of para-hydroxylation sites is 1. The largest absolute Gasteiger partial charge is 0.339 e. The Labute approximate surface area is 215 Å². The van der Waals surface area contributed by atoms with Crippen LogP contribution < -0.4 is 4.90 Å². The molecule has 2 aliphatic rings. The first-order valence-electron chi connectivity index (χ1n) is 12.0. The fourth-order valence-corrected chi connectivity index (χ4v) is 6.15. The van der Waals surface area contributed by atoms with E-state index in [1.165, 1.54) is 6.26 Å². The molecule has 5 rings (SSSR count). The molecule has 10 heteroatoms. The number of hydrogen-bond donors (Lipinski definition) is 0. The quantitative estimate of drug-likeness (QED) is 0.468. The topological polar surface area (TPSA) is 92.6 Å². The van der Waals surface area contributed by atoms with Gasteiger partial charge in [-0.15, -0.1) is 0 Å². The zero-order chi connectivity index (χ0) is 25.8. The molecule has 3 heterocycles. The van der Waals surface area contributed by atoms with Crippen LogP contribution in [-0.4, -0.2) is 59.8 Å². The summed E-state index contributed by atoms with van der Waals surface area (Å²) in [5.74, 6) is 0.617. The monoisotopic (exact) mass is 528 g/mol. The second kappa shape index (κ2) is 8.88. The van der Waals surface area contributed by atoms with Gasteiger partial charge >= 0.3 is 0 Å². The van der Waals surface area contributed by atoms with Crippen LogP contribution in [0, 0.1) is 5.92 Å². The lowest BCUT2D eigenvalue weighted by Crippen LogP contribution is -2.65. The minimum Gasteiger partial charge on any atom is -0.339 e. The molecule has 0 unspecified atom stereocenters. The number of rotatable bonds is 7. The first-order chi connectivity index (χ1) is 17.0. The van der Waals surface area contributed by atoms with Crippen LogP contribution in [0.25, 0.3) is 11.0 Å². The van der Waals surface area contributed by atoms with Gasteiger partial charge in [-0.2, -0.15) is 0 Å². The highest BCUT2D eigenvalue weighted by atomic mass is 35.5. The molecule has 0 aliphatic carbocycles. The number of sulfone groups is 1. The van der Waals surface area contributed by atoms with Gasteiger partial charge in [-0.1, -0.05) is 43.6 Å². The van der Waals surface area contributed by atoms with Crippen LogP contribution in [0.3, 0.4) is 0 Å². The van der Waals surface area contributed by atoms with E-state index in [9.17, 15) is 18.0 Å². The fourth-order valence-electron chi connectivity index (χ4n) is 5.33. The van der Waals surface area contributed by atoms with E-state index in [2.05, 4.69) is 0 Å². The number of aryl methyl sites for hydroxylation is 1. The molecule has 190 valence electrons. The van der Waals surface area contributed by atoms with Crippen LogP contribution in [0.15, 0.2) is 42.5 Å². The summed E-state index contributed by atoms with van der Waals surface area (Å²) in [6.45, 7) is 5.16. The molecule has 2 aromatic carbocycles. The van der Waals surface area contributed by atoms with Crippen LogP contribution in [0.4, 0.5) is 5.69 Å². The Morgan fingerprint density at radius 2 is 1.89 bits per heavy atom. The number of aromatic nitrogens is 2. The van der Waals surface area contributed by atoms with Crippen molar-refractivity contribution >= 4 is 50.0 Å². The van der Waals surface area contributed by atoms with Crippen molar-refractivity contribution in [2.75, 3.05) is 30.0 Å². The lowest BCUT2D eigenvalue weighted by Gasteiger charge is -2.47. The van der Waals surface area contributed by atoms with Gasteiger partial charge in [-0.05, 0) is 36.2 Å². The Balaban J connectivity index is 1.48. The molecule has 0 atom stereocenters. The molecule has 8 nitrogen and oxygen atoms in total. The number of hydrogen-bond acceptors (Lipinski definition) is 5. The van der Waals surface area contributed by atoms with Gasteiger partial charge in [0.1, 0.15) is 21.1 Å². The first kappa shape index (κ1) is 24.8. The summed E-state index contributed by atoms with van der Waals surface area (Å²) >= 11 is 6.20. The van der Waals surface area contributed by atoms with Gasteiger partial charge in [0.25, 0.3) is 0 Å². The van der Waals surface area contributed by atoms with Crippen LogP contribution >= 0.6 is 11.6 Å². The predicted molar refractivity (Wildman–Crippen MR) is 140 cm³/mol. The van der Waals surface area contributed by atoms with E-state index in [4.69, 9.17) is 16.6 Å². The molecule has 0 bridgehead atoms. The van der Waals surface area contributed by atoms with Gasteiger partial charge in [-0.3, -0.25) is 9.59 Å². The number of likely N-dealkylation sites (tertiary alicyclic amines) is 1. The van der Waals surface area contributed by atoms with E-state index in [0.29, 0.717) is 42.4 Å². The Morgan fingerprint density at radius 1 is 1.17 bits per heavy atom. The molecule has 0 radical (unpaired) electrons. The van der Waals surface area contributed by atoms with Crippen molar-refractivity contribution in [3.05, 3.63) is 58.9 Å². The highest BCUT2D eigenvalue weighted by Crippen LogP contribution is 2.48. The molecule has 0 saturated carbocycles. The number of imidazole rings is 1. The van der Waals surface area contributed by atoms with Gasteiger partial charge in [0.2, 0.25) is 11.8 Å². The number of carbonyl (C=O) groups is 2. The Bertz CT molecular complexity index is 1470. The predicted octanol–water partition coefficient (Wildman–Crippen LogP) is 3.41. The summed E-state index contributed by atoms with van der Waals surface area (Å²) in [7, 11) is -3.10. The number of halogens is 1. The van der Waals surface area contributed by atoms with Crippen molar-refractivity contribution in [1.82, 2.24) is 14.5 Å². The zero-order valence-electron chi connectivity index (χ0n) is 20.6. The highest BCUT2D eigenvalue weighted by Gasteiger charge is 2.59. The summed E-state index contributed by atoms with van der Waals surface area (Å²) in [5, 5.41) is 0.556. The van der Waals surface area contributed by atoms with E-state index < -0.39 is 15.3 Å². The Hall–Kier alpha value is -2.91. The van der Waals surface area contributed by atoms with Crippen molar-refractivity contribution in [3.63, 3.8) is 0 Å². The van der Waals surface area contributed by atoms with Gasteiger partial charge in [0.15, 0.2) is 0 Å². The molecule has 36 heavy (non-hydrogen) atoms. The van der Waals surface area contributed by atoms with E-state index in [1.807, 2.05) is 48.7 Å². The second-order valence-electron chi connectivity index (χ2n) is 10.1.